The maximum Gasteiger partial charge on any atom is 0.253 e. The Bertz CT molecular complexity index is 2630. The quantitative estimate of drug-likeness (QED) is 0.0836. The molecule has 0 aliphatic rings. The van der Waals surface area contributed by atoms with Crippen LogP contribution in [0.1, 0.15) is 47.8 Å². The number of nitrogens with two attached hydrogens (primary N) is 1. The summed E-state index contributed by atoms with van der Waals surface area (Å²) in [5.41, 5.74) is 11.8. The summed E-state index contributed by atoms with van der Waals surface area (Å²) in [6.45, 7) is 2.09. The lowest BCUT2D eigenvalue weighted by Crippen LogP contribution is -2.01. The number of thiophene rings is 3. The first kappa shape index (κ1) is 41.5. The Balaban J connectivity index is 0.000000137. The molecular weight excluding hydrogens is 802 g/mol. The fraction of sp³-hybridized carbons (Fsp3) is 0.0625. The van der Waals surface area contributed by atoms with Crippen molar-refractivity contribution in [2.24, 2.45) is 0 Å². The van der Waals surface area contributed by atoms with E-state index in [0.717, 1.165) is 49.5 Å². The number of hydrogen-bond donors (Lipinski definition) is 3. The number of fused-ring (bicyclic) bond motifs is 3. The average molecular weight is 840 g/mol. The highest BCUT2D eigenvalue weighted by Crippen LogP contribution is 2.24. The lowest BCUT2D eigenvalue weighted by molar-refractivity contribution is 0.0985. The summed E-state index contributed by atoms with van der Waals surface area (Å²) in [4.78, 5) is 34.4. The van der Waals surface area contributed by atoms with Crippen molar-refractivity contribution in [2.75, 3.05) is 5.73 Å². The highest BCUT2D eigenvalue weighted by Gasteiger charge is 2.09. The number of halogens is 1. The molecule has 0 atom stereocenters. The number of aromatic hydroxyl groups is 2. The Morgan fingerprint density at radius 1 is 0.500 bits per heavy atom. The SMILES string of the molecule is Cc1ccc2cc(CC(=O)c3ccsc3)ccc2c1.Nc1ccc2cc(O)ccc2c1.O=C(Cc1ccc2cc(O)ccc2c1)c1ccsc1.O=C(Cl)c1ccsc1. The minimum absolute atomic E-state index is 0.138. The number of anilines is 1. The highest BCUT2D eigenvalue weighted by molar-refractivity contribution is 7.08. The van der Waals surface area contributed by atoms with E-state index in [-0.39, 0.29) is 28.3 Å². The molecule has 290 valence electrons. The zero-order chi connectivity index (χ0) is 41.0. The van der Waals surface area contributed by atoms with E-state index in [4.69, 9.17) is 22.4 Å². The van der Waals surface area contributed by atoms with Gasteiger partial charge in [0.15, 0.2) is 11.6 Å². The van der Waals surface area contributed by atoms with Gasteiger partial charge in [0.1, 0.15) is 11.5 Å². The molecule has 3 aromatic heterocycles. The summed E-state index contributed by atoms with van der Waals surface area (Å²) < 4.78 is 0. The molecule has 0 aliphatic carbocycles. The monoisotopic (exact) mass is 839 g/mol. The van der Waals surface area contributed by atoms with Gasteiger partial charge in [0.2, 0.25) is 0 Å². The Kier molecular flexibility index (Phi) is 14.2. The van der Waals surface area contributed by atoms with Crippen molar-refractivity contribution in [2.45, 2.75) is 19.8 Å². The van der Waals surface area contributed by atoms with Crippen LogP contribution in [0.4, 0.5) is 5.69 Å². The van der Waals surface area contributed by atoms with E-state index in [0.29, 0.717) is 18.4 Å². The number of benzene rings is 6. The minimum Gasteiger partial charge on any atom is -0.508 e. The third-order valence-electron chi connectivity index (χ3n) is 8.96. The number of phenolic OH excluding ortho intramolecular Hbond substituents is 2. The normalized spacial score (nSPS) is 10.4. The smallest absolute Gasteiger partial charge is 0.253 e. The predicted molar refractivity (Wildman–Crippen MR) is 244 cm³/mol. The molecule has 0 aliphatic heterocycles. The van der Waals surface area contributed by atoms with Crippen LogP contribution in [0.25, 0.3) is 32.3 Å². The number of rotatable bonds is 7. The van der Waals surface area contributed by atoms with Crippen LogP contribution in [0.2, 0.25) is 0 Å². The summed E-state index contributed by atoms with van der Waals surface area (Å²) in [6, 6.07) is 40.0. The van der Waals surface area contributed by atoms with Crippen molar-refractivity contribution in [3.63, 3.8) is 0 Å². The van der Waals surface area contributed by atoms with Crippen LogP contribution in [0, 0.1) is 6.92 Å². The van der Waals surface area contributed by atoms with E-state index in [1.807, 2.05) is 93.6 Å². The summed E-state index contributed by atoms with van der Waals surface area (Å²) >= 11 is 9.67. The van der Waals surface area contributed by atoms with Crippen molar-refractivity contribution < 1.29 is 24.6 Å². The number of nitrogen functional groups attached to an aromatic ring is 1. The fourth-order valence-electron chi connectivity index (χ4n) is 5.97. The van der Waals surface area contributed by atoms with Crippen LogP contribution in [0.5, 0.6) is 11.5 Å². The van der Waals surface area contributed by atoms with Gasteiger partial charge in [0.05, 0.1) is 0 Å². The van der Waals surface area contributed by atoms with Gasteiger partial charge in [-0.15, -0.1) is 0 Å². The predicted octanol–water partition coefficient (Wildman–Crippen LogP) is 12.9. The fourth-order valence-corrected chi connectivity index (χ4v) is 8.11. The number of aryl methyl sites for hydroxylation is 1. The Morgan fingerprint density at radius 3 is 1.34 bits per heavy atom. The number of ketones is 2. The lowest BCUT2D eigenvalue weighted by atomic mass is 10.0. The second-order valence-electron chi connectivity index (χ2n) is 13.4. The first-order valence-corrected chi connectivity index (χ1v) is 21.2. The van der Waals surface area contributed by atoms with E-state index >= 15 is 0 Å². The first-order valence-electron chi connectivity index (χ1n) is 18.0. The van der Waals surface area contributed by atoms with Crippen LogP contribution < -0.4 is 5.73 Å². The van der Waals surface area contributed by atoms with Crippen LogP contribution in [0.3, 0.4) is 0 Å². The van der Waals surface area contributed by atoms with Crippen molar-refractivity contribution in [1.29, 1.82) is 0 Å². The number of phenols is 2. The molecule has 0 spiro atoms. The molecule has 0 unspecified atom stereocenters. The van der Waals surface area contributed by atoms with Crippen LogP contribution in [0.15, 0.2) is 160 Å². The number of carbonyl (C=O) groups is 3. The van der Waals surface area contributed by atoms with Crippen LogP contribution in [-0.2, 0) is 12.8 Å². The molecule has 0 radical (unpaired) electrons. The lowest BCUT2D eigenvalue weighted by Gasteiger charge is -2.04. The zero-order valence-corrected chi connectivity index (χ0v) is 34.5. The van der Waals surface area contributed by atoms with Crippen molar-refractivity contribution in [3.05, 3.63) is 193 Å². The second-order valence-corrected chi connectivity index (χ2v) is 16.0. The molecule has 3 heterocycles. The topological polar surface area (TPSA) is 118 Å². The van der Waals surface area contributed by atoms with Gasteiger partial charge in [-0.3, -0.25) is 14.4 Å². The third kappa shape index (κ3) is 11.7. The summed E-state index contributed by atoms with van der Waals surface area (Å²) in [5, 5.41) is 35.9. The van der Waals surface area contributed by atoms with E-state index < -0.39 is 0 Å². The summed E-state index contributed by atoms with van der Waals surface area (Å²) in [6.07, 6.45) is 0.883. The van der Waals surface area contributed by atoms with Crippen LogP contribution in [-0.4, -0.2) is 27.0 Å². The molecule has 6 nitrogen and oxygen atoms in total. The molecule has 0 fully saturated rings. The first-order chi connectivity index (χ1) is 28.0. The maximum absolute atomic E-state index is 12.1. The Labute approximate surface area is 353 Å². The largest absolute Gasteiger partial charge is 0.508 e. The molecule has 0 bridgehead atoms. The van der Waals surface area contributed by atoms with Gasteiger partial charge in [-0.2, -0.15) is 34.0 Å². The third-order valence-corrected chi connectivity index (χ3v) is 11.2. The summed E-state index contributed by atoms with van der Waals surface area (Å²) in [5.74, 6) is 0.869. The minimum atomic E-state index is -0.383. The number of hydrogen-bond acceptors (Lipinski definition) is 9. The molecule has 0 amide bonds. The van der Waals surface area contributed by atoms with E-state index in [1.54, 1.807) is 47.0 Å². The van der Waals surface area contributed by atoms with E-state index in [9.17, 15) is 19.5 Å². The van der Waals surface area contributed by atoms with Gasteiger partial charge in [-0.05, 0) is 133 Å². The summed E-state index contributed by atoms with van der Waals surface area (Å²) in [7, 11) is 0. The molecule has 0 saturated carbocycles. The zero-order valence-electron chi connectivity index (χ0n) is 31.3. The molecule has 58 heavy (non-hydrogen) atoms. The van der Waals surface area contributed by atoms with Gasteiger partial charge < -0.3 is 15.9 Å². The molecule has 6 aromatic carbocycles. The van der Waals surface area contributed by atoms with Crippen molar-refractivity contribution in [1.82, 2.24) is 0 Å². The number of carbonyl (C=O) groups excluding carboxylic acids is 3. The van der Waals surface area contributed by atoms with Gasteiger partial charge in [0, 0.05) is 51.4 Å². The molecule has 9 aromatic rings. The molecule has 4 N–H and O–H groups in total. The Hall–Kier alpha value is -6.10. The standard InChI is InChI=1S/C17H14OS.C16H12O2S.C10H9NO.C5H3ClOS/c1-12-2-4-15-9-13(3-5-14(15)8-12)10-17(18)16-6-7-19-11-16;17-15-4-3-12-7-11(1-2-13(12)9-15)8-16(18)14-5-6-19-10-14;11-9-3-1-8-6-10(12)4-2-7(8)5-9;6-5(7)4-1-2-8-3-4/h2-9,11H,10H2,1H3;1-7,9-10,17H,8H2;1-6,12H,11H2;1-3H. The molecule has 0 saturated heterocycles. The van der Waals surface area contributed by atoms with Gasteiger partial charge in [0.25, 0.3) is 5.24 Å². The average Bonchev–Trinajstić information content (AvgIpc) is 4.04. The van der Waals surface area contributed by atoms with E-state index in [1.165, 1.54) is 39.0 Å². The van der Waals surface area contributed by atoms with E-state index in [2.05, 4.69) is 37.3 Å². The maximum atomic E-state index is 12.1. The highest BCUT2D eigenvalue weighted by atomic mass is 35.5. The second kappa shape index (κ2) is 19.9. The Morgan fingerprint density at radius 2 is 0.897 bits per heavy atom. The molecule has 10 heteroatoms. The molecule has 9 rings (SSSR count). The van der Waals surface area contributed by atoms with Gasteiger partial charge >= 0.3 is 0 Å². The molecular formula is C48H38ClNO5S3. The van der Waals surface area contributed by atoms with Gasteiger partial charge in [-0.25, -0.2) is 0 Å². The van der Waals surface area contributed by atoms with Gasteiger partial charge in [-0.1, -0.05) is 78.4 Å². The van der Waals surface area contributed by atoms with Crippen molar-refractivity contribution >= 4 is 100 Å². The van der Waals surface area contributed by atoms with Crippen molar-refractivity contribution in [3.8, 4) is 11.5 Å². The van der Waals surface area contributed by atoms with Crippen LogP contribution >= 0.6 is 45.6 Å². The number of Topliss-reactive ketones (excluding diaryl/α,β-unsaturated/α-hetero) is 2.